The Labute approximate surface area is 411 Å². The van der Waals surface area contributed by atoms with Crippen molar-refractivity contribution < 1.29 is 38.1 Å². The van der Waals surface area contributed by atoms with Gasteiger partial charge in [-0.25, -0.2) is 0 Å². The van der Waals surface area contributed by atoms with Gasteiger partial charge in [0.1, 0.15) is 23.0 Å². The maximum absolute atomic E-state index is 13.0. The van der Waals surface area contributed by atoms with Crippen LogP contribution in [0.5, 0.6) is 23.0 Å². The lowest BCUT2D eigenvalue weighted by Crippen LogP contribution is -2.47. The minimum absolute atomic E-state index is 0.203. The molecular weight excluding hydrogens is 857 g/mol. The highest BCUT2D eigenvalue weighted by molar-refractivity contribution is 5.77. The van der Waals surface area contributed by atoms with Crippen LogP contribution in [0.4, 0.5) is 0 Å². The topological polar surface area (TPSA) is 136 Å². The molecule has 384 valence electrons. The van der Waals surface area contributed by atoms with Gasteiger partial charge in [-0.15, -0.1) is 0 Å². The molecule has 4 unspecified atom stereocenters. The van der Waals surface area contributed by atoms with Crippen LogP contribution in [0.3, 0.4) is 0 Å². The molecule has 1 saturated heterocycles. The lowest BCUT2D eigenvalue weighted by Gasteiger charge is -2.34. The Hall–Kier alpha value is -3.84. The molecule has 0 saturated carbocycles. The summed E-state index contributed by atoms with van der Waals surface area (Å²) >= 11 is 0. The van der Waals surface area contributed by atoms with E-state index in [0.29, 0.717) is 36.1 Å². The van der Waals surface area contributed by atoms with E-state index in [4.69, 9.17) is 18.9 Å². The smallest absolute Gasteiger partial charge is 0.314 e. The van der Waals surface area contributed by atoms with Crippen molar-refractivity contribution in [3.63, 3.8) is 0 Å². The van der Waals surface area contributed by atoms with E-state index in [-0.39, 0.29) is 47.5 Å². The van der Waals surface area contributed by atoms with Gasteiger partial charge in [-0.3, -0.25) is 19.2 Å². The first-order valence-electron chi connectivity index (χ1n) is 26.9. The number of carbonyl (C=O) groups is 4. The van der Waals surface area contributed by atoms with Gasteiger partial charge < -0.3 is 39.4 Å². The molecule has 1 heterocycles. The number of unbranched alkanes of at least 4 members (excludes halogenated alkanes) is 8. The van der Waals surface area contributed by atoms with Crippen LogP contribution in [0.25, 0.3) is 0 Å². The number of ether oxygens (including phenoxy) is 4. The molecule has 2 aromatic carbocycles. The number of piperazine rings is 1. The van der Waals surface area contributed by atoms with Gasteiger partial charge in [0.15, 0.2) is 0 Å². The molecule has 3 rings (SSSR count). The molecule has 0 amide bonds. The van der Waals surface area contributed by atoms with Crippen LogP contribution in [0.15, 0.2) is 36.4 Å². The molecule has 0 radical (unpaired) electrons. The van der Waals surface area contributed by atoms with Gasteiger partial charge in [0.2, 0.25) is 0 Å². The number of hydrogen-bond donors (Lipinski definition) is 2. The van der Waals surface area contributed by atoms with Crippen LogP contribution in [-0.2, 0) is 32.3 Å². The number of hydrogen-bond acceptors (Lipinski definition) is 12. The summed E-state index contributed by atoms with van der Waals surface area (Å²) < 4.78 is 23.4. The summed E-state index contributed by atoms with van der Waals surface area (Å²) in [4.78, 5) is 56.9. The maximum atomic E-state index is 13.0. The standard InChI is InChI=1S/C56H92N4O8/c1-9-13-17-23-43(5)53(61)65-49-35-47(36-50(39-49)66-54(62)44(6)24-18-14-10-2)41-57-27-21-29-59-31-33-60(34-32-59)30-22-28-58-42-48-37-51(67-55(63)45(7)25-19-15-11-3)40-52(38-48)68-56(64)46(8)26-20-16-12-4/h35-40,43-46,57-58H,9-34,41-42H2,1-8H3. The van der Waals surface area contributed by atoms with E-state index in [2.05, 4.69) is 48.1 Å². The van der Waals surface area contributed by atoms with Crippen molar-refractivity contribution in [3.8, 4) is 23.0 Å². The predicted molar refractivity (Wildman–Crippen MR) is 274 cm³/mol. The van der Waals surface area contributed by atoms with Crippen LogP contribution >= 0.6 is 0 Å². The Morgan fingerprint density at radius 1 is 0.426 bits per heavy atom. The van der Waals surface area contributed by atoms with Crippen molar-refractivity contribution in [1.29, 1.82) is 0 Å². The Bertz CT molecular complexity index is 1520. The fraction of sp³-hybridized carbons (Fsp3) is 0.714. The van der Waals surface area contributed by atoms with E-state index >= 15 is 0 Å². The first kappa shape index (κ1) is 58.5. The summed E-state index contributed by atoms with van der Waals surface area (Å²) in [6, 6.07) is 10.8. The van der Waals surface area contributed by atoms with E-state index in [9.17, 15) is 19.2 Å². The molecule has 12 nitrogen and oxygen atoms in total. The molecule has 12 heteroatoms. The zero-order valence-electron chi connectivity index (χ0n) is 43.7. The molecule has 0 bridgehead atoms. The molecule has 2 aromatic rings. The summed E-state index contributed by atoms with van der Waals surface area (Å²) in [6.45, 7) is 25.2. The van der Waals surface area contributed by atoms with Crippen LogP contribution in [0.1, 0.15) is 182 Å². The second-order valence-electron chi connectivity index (χ2n) is 19.6. The normalized spacial score (nSPS) is 15.1. The minimum Gasteiger partial charge on any atom is -0.426 e. The average Bonchev–Trinajstić information content (AvgIpc) is 3.31. The number of nitrogens with one attached hydrogen (secondary N) is 2. The van der Waals surface area contributed by atoms with Crippen molar-refractivity contribution in [2.24, 2.45) is 23.7 Å². The zero-order valence-corrected chi connectivity index (χ0v) is 43.7. The lowest BCUT2D eigenvalue weighted by atomic mass is 10.0. The maximum Gasteiger partial charge on any atom is 0.314 e. The fourth-order valence-corrected chi connectivity index (χ4v) is 8.40. The second-order valence-corrected chi connectivity index (χ2v) is 19.6. The van der Waals surface area contributed by atoms with Gasteiger partial charge in [-0.05, 0) is 100 Å². The van der Waals surface area contributed by atoms with E-state index < -0.39 is 0 Å². The van der Waals surface area contributed by atoms with Crippen LogP contribution in [0.2, 0.25) is 0 Å². The predicted octanol–water partition coefficient (Wildman–Crippen LogP) is 11.5. The number of carbonyl (C=O) groups excluding carboxylic acids is 4. The molecule has 1 aliphatic heterocycles. The minimum atomic E-state index is -0.256. The third kappa shape index (κ3) is 24.1. The number of esters is 4. The summed E-state index contributed by atoms with van der Waals surface area (Å²) in [5.74, 6) is -0.189. The Morgan fingerprint density at radius 2 is 0.691 bits per heavy atom. The first-order chi connectivity index (χ1) is 32.8. The summed E-state index contributed by atoms with van der Waals surface area (Å²) in [5.41, 5.74) is 1.81. The van der Waals surface area contributed by atoms with Crippen LogP contribution < -0.4 is 29.6 Å². The molecule has 2 N–H and O–H groups in total. The van der Waals surface area contributed by atoms with Gasteiger partial charge >= 0.3 is 23.9 Å². The van der Waals surface area contributed by atoms with Crippen LogP contribution in [0, 0.1) is 23.7 Å². The molecule has 4 atom stereocenters. The first-order valence-corrected chi connectivity index (χ1v) is 26.9. The molecular formula is C56H92N4O8. The zero-order chi connectivity index (χ0) is 49.5. The fourth-order valence-electron chi connectivity index (χ4n) is 8.40. The average molecular weight is 949 g/mol. The highest BCUT2D eigenvalue weighted by Gasteiger charge is 2.22. The highest BCUT2D eigenvalue weighted by atomic mass is 16.6. The summed E-state index contributed by atoms with van der Waals surface area (Å²) in [5, 5.41) is 7.11. The Morgan fingerprint density at radius 3 is 0.941 bits per heavy atom. The van der Waals surface area contributed by atoms with Crippen molar-refractivity contribution in [2.75, 3.05) is 52.4 Å². The van der Waals surface area contributed by atoms with Crippen molar-refractivity contribution >= 4 is 23.9 Å². The SMILES string of the molecule is CCCCCC(C)C(=O)Oc1cc(CNCCCN2CCN(CCCNCc3cc(OC(=O)C(C)CCCCC)cc(OC(=O)C(C)CCCCC)c3)CC2)cc(OC(=O)C(C)CCCCC)c1. The number of rotatable bonds is 36. The number of benzene rings is 2. The largest absolute Gasteiger partial charge is 0.426 e. The van der Waals surface area contributed by atoms with E-state index in [0.717, 1.165) is 179 Å². The van der Waals surface area contributed by atoms with Gasteiger partial charge in [0.25, 0.3) is 0 Å². The Kier molecular flexibility index (Phi) is 29.6. The highest BCUT2D eigenvalue weighted by Crippen LogP contribution is 2.28. The monoisotopic (exact) mass is 949 g/mol. The molecule has 0 spiro atoms. The molecule has 68 heavy (non-hydrogen) atoms. The molecule has 1 aliphatic rings. The lowest BCUT2D eigenvalue weighted by molar-refractivity contribution is -0.140. The third-order valence-electron chi connectivity index (χ3n) is 13.1. The number of nitrogens with zero attached hydrogens (tertiary/aromatic N) is 2. The van der Waals surface area contributed by atoms with E-state index in [1.807, 2.05) is 52.0 Å². The quantitative estimate of drug-likeness (QED) is 0.0382. The molecule has 0 aliphatic carbocycles. The van der Waals surface area contributed by atoms with Crippen molar-refractivity contribution in [2.45, 2.75) is 184 Å². The van der Waals surface area contributed by atoms with Gasteiger partial charge in [-0.1, -0.05) is 132 Å². The molecule has 0 aromatic heterocycles. The van der Waals surface area contributed by atoms with Crippen LogP contribution in [-0.4, -0.2) is 86.0 Å². The van der Waals surface area contributed by atoms with Gasteiger partial charge in [0, 0.05) is 51.4 Å². The molecule has 1 fully saturated rings. The van der Waals surface area contributed by atoms with Crippen molar-refractivity contribution in [1.82, 2.24) is 20.4 Å². The van der Waals surface area contributed by atoms with E-state index in [1.165, 1.54) is 0 Å². The van der Waals surface area contributed by atoms with Gasteiger partial charge in [-0.2, -0.15) is 0 Å². The second kappa shape index (κ2) is 34.5. The summed E-state index contributed by atoms with van der Waals surface area (Å²) in [6.07, 6.45) is 17.9. The third-order valence-corrected chi connectivity index (χ3v) is 13.1. The van der Waals surface area contributed by atoms with Crippen molar-refractivity contribution in [3.05, 3.63) is 47.5 Å². The Balaban J connectivity index is 1.44. The summed E-state index contributed by atoms with van der Waals surface area (Å²) in [7, 11) is 0. The van der Waals surface area contributed by atoms with E-state index in [1.54, 1.807) is 12.1 Å². The van der Waals surface area contributed by atoms with Gasteiger partial charge in [0.05, 0.1) is 23.7 Å².